The fraction of sp³-hybridized carbons (Fsp3) is 0.524. The molecule has 2 fully saturated rings. The van der Waals surface area contributed by atoms with Crippen molar-refractivity contribution in [2.75, 3.05) is 26.4 Å². The number of carbonyl (C=O) groups is 4. The second kappa shape index (κ2) is 63.5. The first kappa shape index (κ1) is 118. The zero-order valence-electron chi connectivity index (χ0n) is 88.6. The van der Waals surface area contributed by atoms with Crippen LogP contribution < -0.4 is 0 Å². The van der Waals surface area contributed by atoms with Gasteiger partial charge < -0.3 is 18.9 Å². The third-order valence-electron chi connectivity index (χ3n) is 28.5. The van der Waals surface area contributed by atoms with Crippen molar-refractivity contribution in [3.05, 3.63) is 125 Å². The van der Waals surface area contributed by atoms with E-state index >= 15 is 0 Å². The fourth-order valence-electron chi connectivity index (χ4n) is 19.7. The molecular weight excluding hydrogens is 2020 g/mol. The van der Waals surface area contributed by atoms with E-state index in [0.717, 1.165) is 153 Å². The molecule has 2 saturated heterocycles. The lowest BCUT2D eigenvalue weighted by molar-refractivity contribution is -0.141. The molecule has 13 unspecified atom stereocenters. The highest BCUT2D eigenvalue weighted by Gasteiger charge is 2.45. The second-order valence-electron chi connectivity index (χ2n) is 39.3. The molecule has 0 N–H and O–H groups in total. The van der Waals surface area contributed by atoms with E-state index in [0.29, 0.717) is 41.6 Å². The summed E-state index contributed by atoms with van der Waals surface area (Å²) < 4.78 is 31.1. The van der Waals surface area contributed by atoms with Crippen LogP contribution in [0.5, 0.6) is 0 Å². The topological polar surface area (TPSA) is 200 Å². The molecule has 0 amide bonds. The zero-order chi connectivity index (χ0) is 106. The van der Waals surface area contributed by atoms with Gasteiger partial charge in [-0.2, -0.15) is 21.0 Å². The molecule has 22 heteroatoms. The highest BCUT2D eigenvalue weighted by molar-refractivity contribution is 8.06. The number of hydrogen-bond acceptors (Lipinski definition) is 22. The van der Waals surface area contributed by atoms with Crippen LogP contribution in [0.15, 0.2) is 99.5 Å². The van der Waals surface area contributed by atoms with Crippen LogP contribution >= 0.6 is 115 Å². The van der Waals surface area contributed by atoms with Crippen molar-refractivity contribution >= 4 is 177 Å². The highest BCUT2D eigenvalue weighted by atomic mass is 32.2. The van der Waals surface area contributed by atoms with Crippen molar-refractivity contribution in [3.63, 3.8) is 0 Å². The molecule has 0 bridgehead atoms. The highest BCUT2D eigenvalue weighted by Crippen LogP contribution is 2.63. The van der Waals surface area contributed by atoms with E-state index in [1.165, 1.54) is 160 Å². The SMILES string of the molecule is C#CC#CC#CC#Cc1cc(-c2cc3sc4c(-c5ccc(CC(CCCC)CCCCCC)s5)c5c(sc6cc(C7CC(C#CC#CC#CC#C)C(C8CC(/C=C(\C#N)C(=O)OCC(CC)CCCC)=C(/C=C(\C#N)C(=O)OCC(CC)CCCC)S8)S7)sc65)c(-c5ccc(CC(CCCC)CCCCCC)s5)c4c3s2)sc1C1CC(/C=C(\C#N)C(=O)OCC(CC)CCCC)C(/C=C(\C#N)C(=O)OCC(CC)CCCC)S1. The predicted molar refractivity (Wildman–Crippen MR) is 632 cm³/mol. The van der Waals surface area contributed by atoms with E-state index in [4.69, 9.17) is 31.8 Å². The Kier molecular flexibility index (Phi) is 50.9. The summed E-state index contributed by atoms with van der Waals surface area (Å²) in [6, 6.07) is 25.5. The third-order valence-corrected chi connectivity index (χ3v) is 42.4. The molecule has 10 heterocycles. The lowest BCUT2D eigenvalue weighted by Crippen LogP contribution is -2.22. The van der Waals surface area contributed by atoms with Crippen molar-refractivity contribution in [2.45, 2.75) is 347 Å². The van der Waals surface area contributed by atoms with Crippen LogP contribution in [0.25, 0.3) is 69.6 Å². The van der Waals surface area contributed by atoms with Crippen LogP contribution in [0.4, 0.5) is 0 Å². The van der Waals surface area contributed by atoms with E-state index < -0.39 is 35.0 Å². The Morgan fingerprint density at radius 3 is 1.30 bits per heavy atom. The summed E-state index contributed by atoms with van der Waals surface area (Å²) in [5.41, 5.74) is 3.32. The number of carbonyl (C=O) groups excluding carboxylic acids is 4. The molecule has 3 aliphatic rings. The maximum absolute atomic E-state index is 14.2. The van der Waals surface area contributed by atoms with Gasteiger partial charge in [0.15, 0.2) is 0 Å². The first-order chi connectivity index (χ1) is 72.2. The minimum atomic E-state index is -0.716. The lowest BCUT2D eigenvalue weighted by atomic mass is 9.92. The molecule has 776 valence electrons. The molecule has 0 spiro atoms. The summed E-state index contributed by atoms with van der Waals surface area (Å²) in [6.45, 7) is 26.9. The van der Waals surface area contributed by atoms with Crippen molar-refractivity contribution in [3.8, 4) is 151 Å². The second-order valence-corrected chi connectivity index (χ2v) is 51.0. The molecule has 13 atom stereocenters. The number of thioether (sulfide) groups is 3. The standard InChI is InChI=1S/C126H144N4O8S10/c1-15-29-39-43-45-49-59-91-69-105(143-117(91)109-71-93(67-95(77-127)123(131)135-81-85(25-11)51-33-19-5)103(141-109)73-97(79-129)125(133)137-83-87(27-13)53-35-21-7)107-75-111-119(145-107)115-113(101-63-61-99(139-101)65-89(55-37-23-9)57-47-41-31-17-3)122-116(114(121(115)147-111)102-64-62-100(140-102)66-90(56-38-24-10)58-48-42-32-18-4)120-112(148-122)76-108(146-120)106-70-92(60-50-46-44-40-30-16-2)118(144-106)110-72-94(68-96(78-128)124(132)136-82-86(26-12)52-34-20-6)104(142-110)74-98(80-130)126(134)138-84-88(28-14)54-36-22-8/h1-2,61-64,67-69,73-76,85-90,92-93,103,106,109-110,118H,17-28,31-38,41-42,47-48,51-58,65-66,70-72,81-84H2,3-14H3/b95-67+,96-68+,97-73+,98-74+. The lowest BCUT2D eigenvalue weighted by Gasteiger charge is -2.21. The summed E-state index contributed by atoms with van der Waals surface area (Å²) in [5.74, 6) is 38.5. The van der Waals surface area contributed by atoms with Crippen molar-refractivity contribution in [1.29, 1.82) is 21.0 Å². The number of benzene rings is 1. The van der Waals surface area contributed by atoms with Gasteiger partial charge in [-0.15, -0.1) is 127 Å². The van der Waals surface area contributed by atoms with Gasteiger partial charge in [0.2, 0.25) is 0 Å². The molecule has 7 aromatic heterocycles. The Labute approximate surface area is 924 Å². The number of ether oxygens (including phenoxy) is 4. The van der Waals surface area contributed by atoms with Crippen LogP contribution in [0.2, 0.25) is 0 Å². The van der Waals surface area contributed by atoms with Crippen LogP contribution in [-0.2, 0) is 51.0 Å². The Hall–Kier alpha value is -9.77. The average molecular weight is 2160 g/mol. The summed E-state index contributed by atoms with van der Waals surface area (Å²) in [5, 5.41) is 44.8. The smallest absolute Gasteiger partial charge is 0.348 e. The summed E-state index contributed by atoms with van der Waals surface area (Å²) in [6.07, 6.45) is 55.4. The molecule has 11 rings (SSSR count). The van der Waals surface area contributed by atoms with Gasteiger partial charge in [0.1, 0.15) is 46.6 Å². The monoisotopic (exact) mass is 2160 g/mol. The number of fused-ring (bicyclic) bond motifs is 6. The van der Waals surface area contributed by atoms with E-state index in [9.17, 15) is 40.2 Å². The van der Waals surface area contributed by atoms with Crippen molar-refractivity contribution in [1.82, 2.24) is 0 Å². The molecule has 3 aliphatic heterocycles. The summed E-state index contributed by atoms with van der Waals surface area (Å²) in [7, 11) is 0. The first-order valence-corrected chi connectivity index (χ1v) is 62.7. The van der Waals surface area contributed by atoms with Crippen molar-refractivity contribution in [2.24, 2.45) is 47.3 Å². The van der Waals surface area contributed by atoms with Gasteiger partial charge in [-0.05, 0) is 237 Å². The number of esters is 4. The zero-order valence-corrected chi connectivity index (χ0v) is 96.8. The molecule has 0 saturated carbocycles. The average Bonchev–Trinajstić information content (AvgIpc) is 1.53. The Balaban J connectivity index is 1.11. The van der Waals surface area contributed by atoms with Gasteiger partial charge in [-0.25, -0.2) is 19.2 Å². The normalized spacial score (nSPS) is 17.8. The van der Waals surface area contributed by atoms with Gasteiger partial charge in [0.05, 0.1) is 35.8 Å². The van der Waals surface area contributed by atoms with Crippen LogP contribution in [0.1, 0.15) is 343 Å². The van der Waals surface area contributed by atoms with Crippen LogP contribution in [-0.4, -0.2) is 66.1 Å². The number of nitrogens with zero attached hydrogens (tertiary/aromatic N) is 4. The first-order valence-electron chi connectivity index (χ1n) is 54.3. The quantitative estimate of drug-likeness (QED) is 0.00870. The number of hydrogen-bond donors (Lipinski definition) is 0. The molecule has 0 aliphatic carbocycles. The number of terminal acetylenes is 2. The van der Waals surface area contributed by atoms with E-state index in [2.05, 4.69) is 233 Å². The maximum Gasteiger partial charge on any atom is 0.348 e. The number of allylic oxidation sites excluding steroid dienone is 4. The van der Waals surface area contributed by atoms with Gasteiger partial charge in [-0.1, -0.05) is 281 Å². The molecular formula is C126H144N4O8S10. The Bertz CT molecular complexity index is 6600. The van der Waals surface area contributed by atoms with Crippen LogP contribution in [0, 0.1) is 188 Å². The minimum absolute atomic E-state index is 0.0406. The number of unbranched alkanes of at least 4 members (excludes halogenated alkanes) is 12. The largest absolute Gasteiger partial charge is 0.461 e. The van der Waals surface area contributed by atoms with Crippen molar-refractivity contribution < 1.29 is 38.1 Å². The molecule has 8 aromatic rings. The van der Waals surface area contributed by atoms with E-state index in [1.54, 1.807) is 59.2 Å². The molecule has 0 radical (unpaired) electrons. The van der Waals surface area contributed by atoms with E-state index in [-0.39, 0.29) is 99.3 Å². The van der Waals surface area contributed by atoms with Crippen LogP contribution in [0.3, 0.4) is 0 Å². The Morgan fingerprint density at radius 2 is 0.831 bits per heavy atom. The minimum Gasteiger partial charge on any atom is -0.461 e. The third kappa shape index (κ3) is 33.6. The molecule has 1 aromatic carbocycles. The number of thiophene rings is 7. The fourth-order valence-corrected chi connectivity index (χ4v) is 34.3. The predicted octanol–water partition coefficient (Wildman–Crippen LogP) is 34.9. The molecule has 148 heavy (non-hydrogen) atoms. The maximum atomic E-state index is 14.2. The number of nitriles is 4. The summed E-state index contributed by atoms with van der Waals surface area (Å²) in [4.78, 5) is 66.9. The van der Waals surface area contributed by atoms with E-state index in [1.807, 2.05) is 79.8 Å². The Morgan fingerprint density at radius 1 is 0.405 bits per heavy atom. The van der Waals surface area contributed by atoms with Gasteiger partial charge in [0, 0.05) is 122 Å². The summed E-state index contributed by atoms with van der Waals surface area (Å²) >= 11 is 18.1. The number of rotatable bonds is 58. The van der Waals surface area contributed by atoms with Gasteiger partial charge in [0.25, 0.3) is 0 Å². The molecule has 12 nitrogen and oxygen atoms in total. The van der Waals surface area contributed by atoms with Gasteiger partial charge in [-0.3, -0.25) is 0 Å². The van der Waals surface area contributed by atoms with Gasteiger partial charge >= 0.3 is 23.9 Å².